The highest BCUT2D eigenvalue weighted by molar-refractivity contribution is 4.71. The zero-order chi connectivity index (χ0) is 11.7. The smallest absolute Gasteiger partial charge is 0.0742 e. The number of hydrogen-bond acceptors (Lipinski definition) is 4. The standard InChI is InChI=1S/C8H16O2.C3H8O2/c9-5-7-2-1-3-8(4-7)6-10;1-3(5)2-4/h7-10H,1-6H2;3-5H,2H2,1H3. The van der Waals surface area contributed by atoms with Crippen LogP contribution in [0.2, 0.25) is 0 Å². The van der Waals surface area contributed by atoms with E-state index in [1.165, 1.54) is 13.3 Å². The Morgan fingerprint density at radius 3 is 1.73 bits per heavy atom. The van der Waals surface area contributed by atoms with Crippen LogP contribution in [0.4, 0.5) is 0 Å². The molecule has 0 aromatic carbocycles. The monoisotopic (exact) mass is 220 g/mol. The van der Waals surface area contributed by atoms with E-state index < -0.39 is 6.10 Å². The topological polar surface area (TPSA) is 80.9 Å². The van der Waals surface area contributed by atoms with Crippen molar-refractivity contribution in [3.05, 3.63) is 0 Å². The molecule has 1 aliphatic carbocycles. The minimum absolute atomic E-state index is 0.139. The molecule has 0 radical (unpaired) electrons. The van der Waals surface area contributed by atoms with Crippen molar-refractivity contribution in [3.8, 4) is 0 Å². The number of hydrogen-bond donors (Lipinski definition) is 4. The second kappa shape index (κ2) is 9.09. The molecule has 1 aliphatic rings. The van der Waals surface area contributed by atoms with Crippen LogP contribution in [0.3, 0.4) is 0 Å². The van der Waals surface area contributed by atoms with Crippen molar-refractivity contribution in [3.63, 3.8) is 0 Å². The number of rotatable bonds is 3. The van der Waals surface area contributed by atoms with Crippen LogP contribution in [0.1, 0.15) is 32.6 Å². The molecule has 0 heterocycles. The van der Waals surface area contributed by atoms with Crippen LogP contribution in [0.25, 0.3) is 0 Å². The first kappa shape index (κ1) is 14.8. The van der Waals surface area contributed by atoms with Gasteiger partial charge in [-0.05, 0) is 38.0 Å². The molecule has 4 N–H and O–H groups in total. The van der Waals surface area contributed by atoms with Gasteiger partial charge in [0.25, 0.3) is 0 Å². The highest BCUT2D eigenvalue weighted by Gasteiger charge is 2.20. The predicted molar refractivity (Wildman–Crippen MR) is 58.4 cm³/mol. The molecule has 4 heteroatoms. The van der Waals surface area contributed by atoms with Crippen LogP contribution in [-0.4, -0.2) is 46.4 Å². The minimum atomic E-state index is -0.560. The average Bonchev–Trinajstić information content (AvgIpc) is 2.29. The lowest BCUT2D eigenvalue weighted by atomic mass is 9.82. The molecule has 0 spiro atoms. The first-order valence-electron chi connectivity index (χ1n) is 5.64. The summed E-state index contributed by atoms with van der Waals surface area (Å²) in [5.74, 6) is 0.928. The number of aliphatic hydroxyl groups excluding tert-OH is 4. The first-order chi connectivity index (χ1) is 7.13. The van der Waals surface area contributed by atoms with Crippen LogP contribution in [0.15, 0.2) is 0 Å². The molecule has 1 fully saturated rings. The van der Waals surface area contributed by atoms with Gasteiger partial charge in [0.1, 0.15) is 0 Å². The largest absolute Gasteiger partial charge is 0.396 e. The van der Waals surface area contributed by atoms with E-state index in [1.54, 1.807) is 0 Å². The molecule has 3 atom stereocenters. The fourth-order valence-electron chi connectivity index (χ4n) is 1.73. The van der Waals surface area contributed by atoms with E-state index >= 15 is 0 Å². The SMILES string of the molecule is CC(O)CO.OCC1CCCC(CO)C1. The molecular formula is C11H24O4. The lowest BCUT2D eigenvalue weighted by Crippen LogP contribution is -2.20. The van der Waals surface area contributed by atoms with Crippen LogP contribution in [0.5, 0.6) is 0 Å². The van der Waals surface area contributed by atoms with Crippen molar-refractivity contribution in [2.75, 3.05) is 19.8 Å². The first-order valence-corrected chi connectivity index (χ1v) is 5.64. The molecule has 1 saturated carbocycles. The fourth-order valence-corrected chi connectivity index (χ4v) is 1.73. The fraction of sp³-hybridized carbons (Fsp3) is 1.00. The third kappa shape index (κ3) is 7.73. The summed E-state index contributed by atoms with van der Waals surface area (Å²) in [6, 6.07) is 0. The molecule has 0 bridgehead atoms. The predicted octanol–water partition coefficient (Wildman–Crippen LogP) is 0.137. The quantitative estimate of drug-likeness (QED) is 0.545. The Bertz CT molecular complexity index is 129. The molecule has 92 valence electrons. The van der Waals surface area contributed by atoms with Gasteiger partial charge < -0.3 is 20.4 Å². The molecule has 1 rings (SSSR count). The Balaban J connectivity index is 0.000000336. The van der Waals surface area contributed by atoms with Crippen molar-refractivity contribution in [1.29, 1.82) is 0 Å². The van der Waals surface area contributed by atoms with Crippen LogP contribution < -0.4 is 0 Å². The van der Waals surface area contributed by atoms with Crippen molar-refractivity contribution in [2.24, 2.45) is 11.8 Å². The molecule has 0 saturated heterocycles. The lowest BCUT2D eigenvalue weighted by Gasteiger charge is -2.26. The summed E-state index contributed by atoms with van der Waals surface area (Å²) in [6.45, 7) is 1.99. The van der Waals surface area contributed by atoms with E-state index in [2.05, 4.69) is 0 Å². The van der Waals surface area contributed by atoms with Crippen LogP contribution in [0, 0.1) is 11.8 Å². The molecule has 0 amide bonds. The normalized spacial score (nSPS) is 27.8. The van der Waals surface area contributed by atoms with Gasteiger partial charge in [-0.25, -0.2) is 0 Å². The van der Waals surface area contributed by atoms with Crippen molar-refractivity contribution >= 4 is 0 Å². The summed E-state index contributed by atoms with van der Waals surface area (Å²) < 4.78 is 0. The second-order valence-corrected chi connectivity index (χ2v) is 4.30. The Morgan fingerprint density at radius 1 is 1.07 bits per heavy atom. The van der Waals surface area contributed by atoms with Gasteiger partial charge in [0.2, 0.25) is 0 Å². The zero-order valence-electron chi connectivity index (χ0n) is 9.47. The summed E-state index contributed by atoms with van der Waals surface area (Å²) >= 11 is 0. The highest BCUT2D eigenvalue weighted by atomic mass is 16.3. The van der Waals surface area contributed by atoms with Gasteiger partial charge in [-0.3, -0.25) is 0 Å². The maximum absolute atomic E-state index is 8.82. The minimum Gasteiger partial charge on any atom is -0.396 e. The molecular weight excluding hydrogens is 196 g/mol. The molecule has 4 nitrogen and oxygen atoms in total. The van der Waals surface area contributed by atoms with E-state index in [0.717, 1.165) is 19.3 Å². The summed E-state index contributed by atoms with van der Waals surface area (Å²) in [4.78, 5) is 0. The molecule has 0 aliphatic heterocycles. The van der Waals surface area contributed by atoms with Crippen LogP contribution in [-0.2, 0) is 0 Å². The summed E-state index contributed by atoms with van der Waals surface area (Å²) in [5.41, 5.74) is 0. The van der Waals surface area contributed by atoms with Gasteiger partial charge >= 0.3 is 0 Å². The van der Waals surface area contributed by atoms with Crippen molar-refractivity contribution in [2.45, 2.75) is 38.7 Å². The lowest BCUT2D eigenvalue weighted by molar-refractivity contribution is 0.110. The third-order valence-corrected chi connectivity index (χ3v) is 2.67. The molecule has 3 unspecified atom stereocenters. The molecule has 0 aromatic heterocycles. The van der Waals surface area contributed by atoms with Gasteiger partial charge in [0.15, 0.2) is 0 Å². The average molecular weight is 220 g/mol. The van der Waals surface area contributed by atoms with Crippen molar-refractivity contribution in [1.82, 2.24) is 0 Å². The van der Waals surface area contributed by atoms with Gasteiger partial charge in [0, 0.05) is 13.2 Å². The van der Waals surface area contributed by atoms with E-state index in [4.69, 9.17) is 20.4 Å². The Labute approximate surface area is 91.6 Å². The van der Waals surface area contributed by atoms with E-state index in [1.807, 2.05) is 0 Å². The maximum atomic E-state index is 8.82. The van der Waals surface area contributed by atoms with Gasteiger partial charge in [-0.1, -0.05) is 6.42 Å². The van der Waals surface area contributed by atoms with E-state index in [0.29, 0.717) is 25.0 Å². The van der Waals surface area contributed by atoms with E-state index in [-0.39, 0.29) is 6.61 Å². The molecule has 0 aromatic rings. The summed E-state index contributed by atoms with van der Waals surface area (Å²) in [6.07, 6.45) is 3.93. The highest BCUT2D eigenvalue weighted by Crippen LogP contribution is 2.27. The van der Waals surface area contributed by atoms with Crippen LogP contribution >= 0.6 is 0 Å². The summed E-state index contributed by atoms with van der Waals surface area (Å²) in [5, 5.41) is 33.7. The second-order valence-electron chi connectivity index (χ2n) is 4.30. The Morgan fingerprint density at radius 2 is 1.47 bits per heavy atom. The van der Waals surface area contributed by atoms with Gasteiger partial charge in [-0.2, -0.15) is 0 Å². The van der Waals surface area contributed by atoms with Gasteiger partial charge in [-0.15, -0.1) is 0 Å². The third-order valence-electron chi connectivity index (χ3n) is 2.67. The summed E-state index contributed by atoms with van der Waals surface area (Å²) in [7, 11) is 0. The van der Waals surface area contributed by atoms with Crippen molar-refractivity contribution < 1.29 is 20.4 Å². The van der Waals surface area contributed by atoms with E-state index in [9.17, 15) is 0 Å². The van der Waals surface area contributed by atoms with Gasteiger partial charge in [0.05, 0.1) is 12.7 Å². The molecule has 15 heavy (non-hydrogen) atoms. The Kier molecular flexibility index (Phi) is 9.00. The number of aliphatic hydroxyl groups is 4. The zero-order valence-corrected chi connectivity index (χ0v) is 9.47. The maximum Gasteiger partial charge on any atom is 0.0742 e. The Hall–Kier alpha value is -0.160.